The van der Waals surface area contributed by atoms with Crippen LogP contribution in [0.2, 0.25) is 5.02 Å². The fraction of sp³-hybridized carbons (Fsp3) is 0.467. The molecule has 0 aliphatic heterocycles. The first-order valence-corrected chi connectivity index (χ1v) is 7.19. The number of hydrogen-bond donors (Lipinski definition) is 1. The maximum Gasteiger partial charge on any atom is 0.101 e. The van der Waals surface area contributed by atoms with Gasteiger partial charge in [-0.05, 0) is 18.4 Å². The first kappa shape index (κ1) is 16.3. The second-order valence-corrected chi connectivity index (χ2v) is 5.05. The van der Waals surface area contributed by atoms with E-state index in [9.17, 15) is 0 Å². The summed E-state index contributed by atoms with van der Waals surface area (Å²) in [6, 6.07) is 2.23. The van der Waals surface area contributed by atoms with Gasteiger partial charge in [-0.1, -0.05) is 39.3 Å². The van der Waals surface area contributed by atoms with E-state index in [1.165, 1.54) is 0 Å². The van der Waals surface area contributed by atoms with Crippen molar-refractivity contribution in [3.63, 3.8) is 0 Å². The summed E-state index contributed by atoms with van der Waals surface area (Å²) in [4.78, 5) is 0. The molecule has 0 aliphatic rings. The molecule has 0 amide bonds. The second kappa shape index (κ2) is 7.16. The van der Waals surface area contributed by atoms with Crippen LogP contribution in [0.5, 0.6) is 0 Å². The predicted molar refractivity (Wildman–Crippen MR) is 82.0 cm³/mol. The van der Waals surface area contributed by atoms with Crippen molar-refractivity contribution in [3.8, 4) is 6.07 Å². The van der Waals surface area contributed by atoms with Crippen molar-refractivity contribution < 1.29 is 0 Å². The van der Waals surface area contributed by atoms with Crippen LogP contribution in [0.25, 0.3) is 0 Å². The van der Waals surface area contributed by atoms with E-state index in [0.717, 1.165) is 17.0 Å². The first-order valence-electron chi connectivity index (χ1n) is 6.82. The van der Waals surface area contributed by atoms with E-state index >= 15 is 0 Å². The van der Waals surface area contributed by atoms with Gasteiger partial charge in [0.25, 0.3) is 0 Å². The average Bonchev–Trinajstić information content (AvgIpc) is 2.96. The van der Waals surface area contributed by atoms with Gasteiger partial charge in [-0.15, -0.1) is 0 Å². The van der Waals surface area contributed by atoms with Crippen molar-refractivity contribution in [1.82, 2.24) is 14.8 Å². The monoisotopic (exact) mass is 292 g/mol. The summed E-state index contributed by atoms with van der Waals surface area (Å²) in [6.45, 7) is 10.8. The van der Waals surface area contributed by atoms with E-state index in [1.807, 2.05) is 27.0 Å². The summed E-state index contributed by atoms with van der Waals surface area (Å²) >= 11 is 6.03. The van der Waals surface area contributed by atoms with Crippen molar-refractivity contribution in [2.75, 3.05) is 0 Å². The summed E-state index contributed by atoms with van der Waals surface area (Å²) in [5, 5.41) is 16.5. The average molecular weight is 293 g/mol. The molecule has 0 atom stereocenters. The number of aromatic nitrogens is 3. The van der Waals surface area contributed by atoms with Crippen molar-refractivity contribution in [2.45, 2.75) is 47.1 Å². The Morgan fingerprint density at radius 3 is 2.55 bits per heavy atom. The quantitative estimate of drug-likeness (QED) is 0.919. The molecule has 2 heterocycles. The van der Waals surface area contributed by atoms with Gasteiger partial charge in [0.1, 0.15) is 6.07 Å². The van der Waals surface area contributed by atoms with Crippen LogP contribution >= 0.6 is 11.6 Å². The Labute approximate surface area is 125 Å². The van der Waals surface area contributed by atoms with E-state index in [4.69, 9.17) is 16.9 Å². The highest BCUT2D eigenvalue weighted by molar-refractivity contribution is 6.31. The van der Waals surface area contributed by atoms with Gasteiger partial charge in [-0.25, -0.2) is 0 Å². The Kier molecular flexibility index (Phi) is 5.84. The lowest BCUT2D eigenvalue weighted by Gasteiger charge is -2.12. The number of nitriles is 1. The van der Waals surface area contributed by atoms with Crippen molar-refractivity contribution in [3.05, 3.63) is 39.9 Å². The van der Waals surface area contributed by atoms with E-state index in [1.54, 1.807) is 6.20 Å². The first-order chi connectivity index (χ1) is 9.54. The summed E-state index contributed by atoms with van der Waals surface area (Å²) < 4.78 is 2.07. The Hall–Kier alpha value is -1.73. The number of H-pyrrole nitrogens is 1. The van der Waals surface area contributed by atoms with Gasteiger partial charge >= 0.3 is 0 Å². The minimum atomic E-state index is 0.355. The molecule has 2 aromatic heterocycles. The minimum Gasteiger partial charge on any atom is -0.344 e. The lowest BCUT2D eigenvalue weighted by atomic mass is 10.0. The third-order valence-electron chi connectivity index (χ3n) is 3.04. The molecule has 0 spiro atoms. The van der Waals surface area contributed by atoms with Crippen molar-refractivity contribution in [1.29, 1.82) is 5.26 Å². The van der Waals surface area contributed by atoms with Gasteiger partial charge in [-0.3, -0.25) is 5.10 Å². The number of aromatic amines is 1. The van der Waals surface area contributed by atoms with Gasteiger partial charge in [0, 0.05) is 11.9 Å². The number of halogens is 1. The van der Waals surface area contributed by atoms with Gasteiger partial charge in [0.2, 0.25) is 0 Å². The van der Waals surface area contributed by atoms with E-state index < -0.39 is 0 Å². The highest BCUT2D eigenvalue weighted by atomic mass is 35.5. The molecule has 0 aliphatic carbocycles. The molecule has 0 unspecified atom stereocenters. The van der Waals surface area contributed by atoms with Crippen LogP contribution in [0.1, 0.15) is 56.1 Å². The summed E-state index contributed by atoms with van der Waals surface area (Å²) in [7, 11) is 0. The number of nitrogens with one attached hydrogen (secondary N) is 1. The van der Waals surface area contributed by atoms with Crippen LogP contribution in [-0.2, 0) is 6.54 Å². The largest absolute Gasteiger partial charge is 0.344 e. The van der Waals surface area contributed by atoms with Crippen molar-refractivity contribution >= 4 is 11.6 Å². The molecule has 0 fully saturated rings. The molecule has 0 saturated carbocycles. The van der Waals surface area contributed by atoms with E-state index in [2.05, 4.69) is 34.7 Å². The molecule has 108 valence electrons. The van der Waals surface area contributed by atoms with Crippen LogP contribution in [0.3, 0.4) is 0 Å². The van der Waals surface area contributed by atoms with E-state index in [0.29, 0.717) is 23.0 Å². The number of hydrogen-bond acceptors (Lipinski definition) is 2. The number of nitrogens with zero attached hydrogens (tertiary/aromatic N) is 3. The third-order valence-corrected chi connectivity index (χ3v) is 3.37. The molecule has 0 aromatic carbocycles. The molecule has 20 heavy (non-hydrogen) atoms. The molecule has 2 rings (SSSR count). The molecule has 1 N–H and O–H groups in total. The summed E-state index contributed by atoms with van der Waals surface area (Å²) in [5.74, 6) is 0.355. The van der Waals surface area contributed by atoms with Gasteiger partial charge < -0.3 is 4.57 Å². The van der Waals surface area contributed by atoms with Gasteiger partial charge in [0.15, 0.2) is 0 Å². The fourth-order valence-corrected chi connectivity index (χ4v) is 2.41. The maximum absolute atomic E-state index is 9.11. The normalized spacial score (nSPS) is 10.1. The van der Waals surface area contributed by atoms with Gasteiger partial charge in [-0.2, -0.15) is 10.4 Å². The number of rotatable bonds is 3. The zero-order chi connectivity index (χ0) is 15.3. The van der Waals surface area contributed by atoms with Crippen LogP contribution in [0.4, 0.5) is 0 Å². The van der Waals surface area contributed by atoms with Crippen LogP contribution in [0.15, 0.2) is 12.4 Å². The van der Waals surface area contributed by atoms with Crippen LogP contribution in [-0.4, -0.2) is 14.8 Å². The Bertz CT molecular complexity index is 602. The Balaban J connectivity index is 0.000000956. The Morgan fingerprint density at radius 2 is 2.10 bits per heavy atom. The topological polar surface area (TPSA) is 57.4 Å². The summed E-state index contributed by atoms with van der Waals surface area (Å²) in [6.07, 6.45) is 3.47. The highest BCUT2D eigenvalue weighted by Crippen LogP contribution is 2.25. The third kappa shape index (κ3) is 3.23. The molecule has 0 saturated heterocycles. The molecule has 2 aromatic rings. The second-order valence-electron chi connectivity index (χ2n) is 4.64. The maximum atomic E-state index is 9.11. The molecule has 0 radical (unpaired) electrons. The highest BCUT2D eigenvalue weighted by Gasteiger charge is 2.16. The Morgan fingerprint density at radius 1 is 1.45 bits per heavy atom. The summed E-state index contributed by atoms with van der Waals surface area (Å²) in [5.41, 5.74) is 3.78. The zero-order valence-electron chi connectivity index (χ0n) is 12.7. The molecule has 0 bridgehead atoms. The minimum absolute atomic E-state index is 0.355. The lowest BCUT2D eigenvalue weighted by molar-refractivity contribution is 0.676. The zero-order valence-corrected chi connectivity index (χ0v) is 13.4. The van der Waals surface area contributed by atoms with Crippen LogP contribution < -0.4 is 0 Å². The molecule has 4 nitrogen and oxygen atoms in total. The molecular formula is C15H21ClN4. The smallest absolute Gasteiger partial charge is 0.101 e. The predicted octanol–water partition coefficient (Wildman–Crippen LogP) is 4.24. The lowest BCUT2D eigenvalue weighted by Crippen LogP contribution is -2.06. The van der Waals surface area contributed by atoms with Crippen molar-refractivity contribution in [2.24, 2.45) is 0 Å². The standard InChI is InChI=1S/C13H15ClN4.C2H6/c1-8(2)13-9(3)10(4-15)6-18(13)7-12-11(14)5-16-17-12;1-2/h5-6,8H,7H2,1-3H3,(H,16,17);1-2H3. The SMILES string of the molecule is CC.Cc1c(C#N)cn(Cc2[nH]ncc2Cl)c1C(C)C. The molecular weight excluding hydrogens is 272 g/mol. The van der Waals surface area contributed by atoms with Gasteiger partial charge in [0.05, 0.1) is 29.0 Å². The fourth-order valence-electron chi connectivity index (χ4n) is 2.26. The van der Waals surface area contributed by atoms with Crippen LogP contribution in [0, 0.1) is 18.3 Å². The molecule has 5 heteroatoms. The van der Waals surface area contributed by atoms with E-state index in [-0.39, 0.29) is 0 Å².